The molecule has 0 radical (unpaired) electrons. The Bertz CT molecular complexity index is 414. The highest BCUT2D eigenvalue weighted by molar-refractivity contribution is 5.78. The molecule has 3 rings (SSSR count). The van der Waals surface area contributed by atoms with Gasteiger partial charge in [0.25, 0.3) is 0 Å². The zero-order valence-electron chi connectivity index (χ0n) is 11.6. The van der Waals surface area contributed by atoms with E-state index in [9.17, 15) is 14.7 Å². The molecule has 1 heterocycles. The second-order valence-corrected chi connectivity index (χ2v) is 6.51. The first-order chi connectivity index (χ1) is 9.60. The molecule has 5 unspecified atom stereocenters. The van der Waals surface area contributed by atoms with Crippen molar-refractivity contribution < 1.29 is 14.7 Å². The average molecular weight is 281 g/mol. The first kappa shape index (κ1) is 13.7. The van der Waals surface area contributed by atoms with Gasteiger partial charge in [0.1, 0.15) is 0 Å². The summed E-state index contributed by atoms with van der Waals surface area (Å²) < 4.78 is 0. The Morgan fingerprint density at radius 1 is 1.25 bits per heavy atom. The summed E-state index contributed by atoms with van der Waals surface area (Å²) in [7, 11) is 0. The number of carbonyl (C=O) groups excluding carboxylic acids is 1. The third-order valence-corrected chi connectivity index (χ3v) is 5.40. The van der Waals surface area contributed by atoms with E-state index < -0.39 is 11.9 Å². The van der Waals surface area contributed by atoms with Crippen molar-refractivity contribution in [2.45, 2.75) is 31.7 Å². The Labute approximate surface area is 118 Å². The fraction of sp³-hybridized carbons (Fsp3) is 0.857. The summed E-state index contributed by atoms with van der Waals surface area (Å²) in [4.78, 5) is 25.5. The van der Waals surface area contributed by atoms with Crippen LogP contribution in [0.5, 0.6) is 0 Å². The molecule has 6 nitrogen and oxygen atoms in total. The van der Waals surface area contributed by atoms with E-state index in [0.29, 0.717) is 24.9 Å². The normalized spacial score (nSPS) is 39.2. The number of hydrogen-bond acceptors (Lipinski definition) is 3. The number of nitrogens with two attached hydrogens (primary N) is 1. The fourth-order valence-electron chi connectivity index (χ4n) is 4.30. The summed E-state index contributed by atoms with van der Waals surface area (Å²) in [5.41, 5.74) is 5.63. The largest absolute Gasteiger partial charge is 0.481 e. The molecule has 2 aliphatic carbocycles. The van der Waals surface area contributed by atoms with Crippen LogP contribution in [0.3, 0.4) is 0 Å². The third kappa shape index (κ3) is 2.26. The van der Waals surface area contributed by atoms with Crippen LogP contribution in [0, 0.1) is 23.7 Å². The van der Waals surface area contributed by atoms with E-state index in [4.69, 9.17) is 5.73 Å². The van der Waals surface area contributed by atoms with Crippen LogP contribution >= 0.6 is 0 Å². The number of urea groups is 1. The first-order valence-corrected chi connectivity index (χ1v) is 7.58. The molecule has 1 aliphatic heterocycles. The predicted molar refractivity (Wildman–Crippen MR) is 73.0 cm³/mol. The lowest BCUT2D eigenvalue weighted by atomic mass is 9.84. The van der Waals surface area contributed by atoms with Crippen LogP contribution in [0.4, 0.5) is 4.79 Å². The quantitative estimate of drug-likeness (QED) is 0.701. The summed E-state index contributed by atoms with van der Waals surface area (Å²) >= 11 is 0. The van der Waals surface area contributed by atoms with Crippen molar-refractivity contribution in [3.63, 3.8) is 0 Å². The number of rotatable bonds is 3. The summed E-state index contributed by atoms with van der Waals surface area (Å²) in [5, 5.41) is 12.4. The minimum Gasteiger partial charge on any atom is -0.481 e. The molecule has 4 N–H and O–H groups in total. The highest BCUT2D eigenvalue weighted by Crippen LogP contribution is 2.48. The van der Waals surface area contributed by atoms with Crippen molar-refractivity contribution in [1.29, 1.82) is 0 Å². The SMILES string of the molecule is NCC1CCN(C(=O)NC2C3CCC(C3)C2C(=O)O)C1. The Morgan fingerprint density at radius 3 is 2.65 bits per heavy atom. The summed E-state index contributed by atoms with van der Waals surface area (Å²) in [6.45, 7) is 2.03. The van der Waals surface area contributed by atoms with Crippen LogP contribution in [0.15, 0.2) is 0 Å². The molecule has 1 saturated heterocycles. The number of nitrogens with one attached hydrogen (secondary N) is 1. The molecule has 112 valence electrons. The molecule has 2 amide bonds. The molecule has 20 heavy (non-hydrogen) atoms. The standard InChI is InChI=1S/C14H23N3O3/c15-6-8-3-4-17(7-8)14(20)16-12-10-2-1-9(5-10)11(12)13(18)19/h8-12H,1-7,15H2,(H,16,20)(H,18,19). The number of carboxylic acid groups (broad SMARTS) is 1. The molecule has 3 aliphatic rings. The van der Waals surface area contributed by atoms with Crippen LogP contribution in [-0.2, 0) is 4.79 Å². The predicted octanol–water partition coefficient (Wildman–Crippen LogP) is 0.476. The number of aliphatic carboxylic acids is 1. The maximum atomic E-state index is 12.3. The number of carboxylic acids is 1. The maximum absolute atomic E-state index is 12.3. The van der Waals surface area contributed by atoms with Gasteiger partial charge in [0.05, 0.1) is 5.92 Å². The smallest absolute Gasteiger partial charge is 0.317 e. The van der Waals surface area contributed by atoms with Crippen molar-refractivity contribution >= 4 is 12.0 Å². The number of nitrogens with zero attached hydrogens (tertiary/aromatic N) is 1. The van der Waals surface area contributed by atoms with Gasteiger partial charge in [-0.05, 0) is 50.0 Å². The van der Waals surface area contributed by atoms with Crippen LogP contribution < -0.4 is 11.1 Å². The second kappa shape index (κ2) is 5.24. The molecule has 2 saturated carbocycles. The van der Waals surface area contributed by atoms with Crippen molar-refractivity contribution in [1.82, 2.24) is 10.2 Å². The van der Waals surface area contributed by atoms with Gasteiger partial charge in [0.15, 0.2) is 0 Å². The maximum Gasteiger partial charge on any atom is 0.317 e. The van der Waals surface area contributed by atoms with Crippen LogP contribution in [0.1, 0.15) is 25.7 Å². The molecule has 0 aromatic rings. The van der Waals surface area contributed by atoms with E-state index in [1.165, 1.54) is 0 Å². The topological polar surface area (TPSA) is 95.7 Å². The highest BCUT2D eigenvalue weighted by atomic mass is 16.4. The minimum absolute atomic E-state index is 0.107. The Hall–Kier alpha value is -1.30. The van der Waals surface area contributed by atoms with Gasteiger partial charge in [0, 0.05) is 19.1 Å². The third-order valence-electron chi connectivity index (χ3n) is 5.40. The van der Waals surface area contributed by atoms with Gasteiger partial charge >= 0.3 is 12.0 Å². The molecule has 0 aromatic carbocycles. The zero-order chi connectivity index (χ0) is 14.3. The van der Waals surface area contributed by atoms with Crippen LogP contribution in [0.2, 0.25) is 0 Å². The van der Waals surface area contributed by atoms with E-state index in [-0.39, 0.29) is 18.0 Å². The molecular weight excluding hydrogens is 258 g/mol. The van der Waals surface area contributed by atoms with Gasteiger partial charge in [-0.25, -0.2) is 4.79 Å². The van der Waals surface area contributed by atoms with E-state index in [0.717, 1.165) is 32.2 Å². The summed E-state index contributed by atoms with van der Waals surface area (Å²) in [5.74, 6) is -0.179. The number of amides is 2. The average Bonchev–Trinajstić information content (AvgIpc) is 3.13. The van der Waals surface area contributed by atoms with E-state index in [2.05, 4.69) is 5.32 Å². The Morgan fingerprint density at radius 2 is 2.00 bits per heavy atom. The van der Waals surface area contributed by atoms with Crippen LogP contribution in [-0.4, -0.2) is 47.7 Å². The lowest BCUT2D eigenvalue weighted by Gasteiger charge is -2.30. The molecule has 6 heteroatoms. The number of hydrogen-bond donors (Lipinski definition) is 3. The second-order valence-electron chi connectivity index (χ2n) is 6.51. The number of likely N-dealkylation sites (tertiary alicyclic amines) is 1. The van der Waals surface area contributed by atoms with Gasteiger partial charge in [0.2, 0.25) is 0 Å². The van der Waals surface area contributed by atoms with E-state index >= 15 is 0 Å². The molecule has 3 fully saturated rings. The van der Waals surface area contributed by atoms with Gasteiger partial charge in [-0.2, -0.15) is 0 Å². The monoisotopic (exact) mass is 281 g/mol. The first-order valence-electron chi connectivity index (χ1n) is 7.58. The summed E-state index contributed by atoms with van der Waals surface area (Å²) in [6, 6.07) is -0.291. The Balaban J connectivity index is 1.62. The summed E-state index contributed by atoms with van der Waals surface area (Å²) in [6.07, 6.45) is 3.94. The van der Waals surface area contributed by atoms with Gasteiger partial charge in [-0.15, -0.1) is 0 Å². The molecule has 0 spiro atoms. The van der Waals surface area contributed by atoms with Gasteiger partial charge in [-0.3, -0.25) is 4.79 Å². The molecule has 5 atom stereocenters. The Kier molecular flexibility index (Phi) is 3.58. The van der Waals surface area contributed by atoms with Crippen molar-refractivity contribution in [2.24, 2.45) is 29.4 Å². The highest BCUT2D eigenvalue weighted by Gasteiger charge is 2.51. The molecule has 2 bridgehead atoms. The van der Waals surface area contributed by atoms with Gasteiger partial charge < -0.3 is 21.1 Å². The lowest BCUT2D eigenvalue weighted by Crippen LogP contribution is -2.51. The van der Waals surface area contributed by atoms with Crippen molar-refractivity contribution in [2.75, 3.05) is 19.6 Å². The fourth-order valence-corrected chi connectivity index (χ4v) is 4.30. The molecule has 0 aromatic heterocycles. The van der Waals surface area contributed by atoms with Crippen molar-refractivity contribution in [3.8, 4) is 0 Å². The van der Waals surface area contributed by atoms with Crippen molar-refractivity contribution in [3.05, 3.63) is 0 Å². The zero-order valence-corrected chi connectivity index (χ0v) is 11.6. The number of carbonyl (C=O) groups is 2. The van der Waals surface area contributed by atoms with Crippen LogP contribution in [0.25, 0.3) is 0 Å². The minimum atomic E-state index is -0.760. The number of fused-ring (bicyclic) bond motifs is 2. The van der Waals surface area contributed by atoms with Gasteiger partial charge in [-0.1, -0.05) is 0 Å². The lowest BCUT2D eigenvalue weighted by molar-refractivity contribution is -0.144. The molecular formula is C14H23N3O3. The van der Waals surface area contributed by atoms with E-state index in [1.807, 2.05) is 0 Å². The van der Waals surface area contributed by atoms with E-state index in [1.54, 1.807) is 4.90 Å².